The standard InChI is InChI=1S/C25H28F2N4O4S/c1-14-20(36(33,34)21(11-29-14)15-6-4-3-5-7-15)9-16-8-19(27)17(10-18(16)26)25(12-24(2,28)13-25)22-30-31-23(32)35-22/h3-8,10,14,20-21,29H,9,11-13,28H2,1-2H3,(H,31,32)/t14-,20?,21-,24?,25?/m0/s1. The zero-order chi connectivity index (χ0) is 25.9. The number of rotatable bonds is 5. The van der Waals surface area contributed by atoms with Crippen LogP contribution < -0.4 is 16.8 Å². The molecule has 2 aromatic carbocycles. The molecule has 0 amide bonds. The van der Waals surface area contributed by atoms with E-state index in [2.05, 4.69) is 15.5 Å². The molecule has 4 N–H and O–H groups in total. The second-order valence-corrected chi connectivity index (χ2v) is 12.7. The second kappa shape index (κ2) is 8.60. The number of hydrogen-bond donors (Lipinski definition) is 3. The molecule has 2 fully saturated rings. The lowest BCUT2D eigenvalue weighted by atomic mass is 9.55. The Kier molecular flexibility index (Phi) is 5.92. The number of nitrogens with one attached hydrogen (secondary N) is 2. The van der Waals surface area contributed by atoms with E-state index >= 15 is 8.78 Å². The van der Waals surface area contributed by atoms with Gasteiger partial charge in [0, 0.05) is 23.7 Å². The molecular formula is C25H28F2N4O4S. The molecule has 8 nitrogen and oxygen atoms in total. The van der Waals surface area contributed by atoms with Gasteiger partial charge in [-0.25, -0.2) is 27.1 Å². The molecule has 2 heterocycles. The predicted octanol–water partition coefficient (Wildman–Crippen LogP) is 2.50. The van der Waals surface area contributed by atoms with E-state index < -0.39 is 54.7 Å². The fourth-order valence-electron chi connectivity index (χ4n) is 5.85. The molecule has 1 saturated carbocycles. The van der Waals surface area contributed by atoms with E-state index in [-0.39, 0.29) is 42.8 Å². The highest BCUT2D eigenvalue weighted by atomic mass is 32.2. The third kappa shape index (κ3) is 4.08. The van der Waals surface area contributed by atoms with Crippen LogP contribution in [0, 0.1) is 11.6 Å². The topological polar surface area (TPSA) is 131 Å². The van der Waals surface area contributed by atoms with Crippen LogP contribution in [0.3, 0.4) is 0 Å². The Morgan fingerprint density at radius 2 is 1.86 bits per heavy atom. The molecule has 1 saturated heterocycles. The molecule has 192 valence electrons. The fraction of sp³-hybridized carbons (Fsp3) is 0.440. The van der Waals surface area contributed by atoms with Crippen LogP contribution in [0.4, 0.5) is 8.78 Å². The zero-order valence-electron chi connectivity index (χ0n) is 19.9. The van der Waals surface area contributed by atoms with Crippen LogP contribution in [0.25, 0.3) is 0 Å². The van der Waals surface area contributed by atoms with Crippen LogP contribution in [0.15, 0.2) is 51.7 Å². The normalized spacial score (nSPS) is 31.6. The molecule has 3 atom stereocenters. The number of nitrogens with two attached hydrogens (primary N) is 1. The highest BCUT2D eigenvalue weighted by Crippen LogP contribution is 2.53. The van der Waals surface area contributed by atoms with Crippen molar-refractivity contribution in [3.63, 3.8) is 0 Å². The Morgan fingerprint density at radius 1 is 1.17 bits per heavy atom. The molecule has 3 aromatic rings. The van der Waals surface area contributed by atoms with Gasteiger partial charge in [-0.15, -0.1) is 5.10 Å². The molecule has 36 heavy (non-hydrogen) atoms. The number of sulfone groups is 1. The molecule has 0 radical (unpaired) electrons. The smallest absolute Gasteiger partial charge is 0.391 e. The first-order chi connectivity index (χ1) is 16.9. The Bertz CT molecular complexity index is 1440. The van der Waals surface area contributed by atoms with Crippen molar-refractivity contribution in [2.75, 3.05) is 6.54 Å². The summed E-state index contributed by atoms with van der Waals surface area (Å²) in [6, 6.07) is 10.5. The van der Waals surface area contributed by atoms with E-state index in [0.29, 0.717) is 5.56 Å². The first-order valence-electron chi connectivity index (χ1n) is 11.8. The lowest BCUT2D eigenvalue weighted by Crippen LogP contribution is -2.59. The quantitative estimate of drug-likeness (QED) is 0.473. The molecule has 0 bridgehead atoms. The summed E-state index contributed by atoms with van der Waals surface area (Å²) >= 11 is 0. The second-order valence-electron chi connectivity index (χ2n) is 10.4. The van der Waals surface area contributed by atoms with E-state index in [1.54, 1.807) is 38.1 Å². The van der Waals surface area contributed by atoms with Gasteiger partial charge in [0.2, 0.25) is 5.89 Å². The molecule has 11 heteroatoms. The highest BCUT2D eigenvalue weighted by molar-refractivity contribution is 7.92. The van der Waals surface area contributed by atoms with E-state index in [9.17, 15) is 13.2 Å². The molecule has 1 unspecified atom stereocenters. The Labute approximate surface area is 207 Å². The summed E-state index contributed by atoms with van der Waals surface area (Å²) in [6.45, 7) is 3.75. The van der Waals surface area contributed by atoms with Gasteiger partial charge >= 0.3 is 5.76 Å². The van der Waals surface area contributed by atoms with Crippen LogP contribution in [-0.4, -0.2) is 42.0 Å². The summed E-state index contributed by atoms with van der Waals surface area (Å²) in [7, 11) is -3.71. The van der Waals surface area contributed by atoms with Crippen LogP contribution >= 0.6 is 0 Å². The lowest BCUT2D eigenvalue weighted by Gasteiger charge is -2.51. The number of aromatic amines is 1. The van der Waals surface area contributed by atoms with Crippen LogP contribution in [-0.2, 0) is 21.7 Å². The van der Waals surface area contributed by atoms with Gasteiger partial charge in [-0.1, -0.05) is 30.3 Å². The van der Waals surface area contributed by atoms with E-state index in [1.807, 2.05) is 6.07 Å². The first-order valence-corrected chi connectivity index (χ1v) is 13.4. The van der Waals surface area contributed by atoms with Crippen LogP contribution in [0.5, 0.6) is 0 Å². The molecule has 1 aliphatic heterocycles. The van der Waals surface area contributed by atoms with Gasteiger partial charge in [0.25, 0.3) is 0 Å². The molecular weight excluding hydrogens is 490 g/mol. The summed E-state index contributed by atoms with van der Waals surface area (Å²) in [5.74, 6) is -2.33. The Hall–Kier alpha value is -2.89. The Morgan fingerprint density at radius 3 is 2.47 bits per heavy atom. The predicted molar refractivity (Wildman–Crippen MR) is 129 cm³/mol. The largest absolute Gasteiger partial charge is 0.434 e. The number of H-pyrrole nitrogens is 1. The van der Waals surface area contributed by atoms with E-state index in [0.717, 1.165) is 12.1 Å². The summed E-state index contributed by atoms with van der Waals surface area (Å²) in [5.41, 5.74) is 4.89. The van der Waals surface area contributed by atoms with Gasteiger partial charge in [-0.05, 0) is 56.4 Å². The summed E-state index contributed by atoms with van der Waals surface area (Å²) < 4.78 is 63.2. The van der Waals surface area contributed by atoms with Crippen molar-refractivity contribution in [2.24, 2.45) is 5.73 Å². The minimum absolute atomic E-state index is 0.0261. The van der Waals surface area contributed by atoms with Crippen molar-refractivity contribution >= 4 is 9.84 Å². The summed E-state index contributed by atoms with van der Waals surface area (Å²) in [6.07, 6.45) is 0.197. The van der Waals surface area contributed by atoms with Gasteiger partial charge in [0.05, 0.1) is 15.9 Å². The fourth-order valence-corrected chi connectivity index (χ4v) is 8.21. The molecule has 2 aliphatic rings. The average Bonchev–Trinajstić information content (AvgIpc) is 3.23. The van der Waals surface area contributed by atoms with Crippen molar-refractivity contribution in [2.45, 2.75) is 60.6 Å². The molecule has 1 aromatic heterocycles. The maximum absolute atomic E-state index is 15.5. The molecule has 0 spiro atoms. The summed E-state index contributed by atoms with van der Waals surface area (Å²) in [4.78, 5) is 11.6. The Balaban J connectivity index is 1.49. The van der Waals surface area contributed by atoms with Crippen molar-refractivity contribution in [3.05, 3.63) is 87.2 Å². The molecule has 1 aliphatic carbocycles. The van der Waals surface area contributed by atoms with Crippen molar-refractivity contribution in [1.82, 2.24) is 15.5 Å². The number of hydrogen-bond acceptors (Lipinski definition) is 7. The number of aromatic nitrogens is 2. The lowest BCUT2D eigenvalue weighted by molar-refractivity contribution is 0.121. The van der Waals surface area contributed by atoms with E-state index in [1.165, 1.54) is 0 Å². The van der Waals surface area contributed by atoms with Gasteiger partial charge in [-0.3, -0.25) is 0 Å². The maximum Gasteiger partial charge on any atom is 0.434 e. The van der Waals surface area contributed by atoms with Crippen molar-refractivity contribution < 1.29 is 21.6 Å². The monoisotopic (exact) mass is 518 g/mol. The first kappa shape index (κ1) is 24.8. The molecule has 5 rings (SSSR count). The number of nitrogens with zero attached hydrogens (tertiary/aromatic N) is 1. The van der Waals surface area contributed by atoms with Crippen molar-refractivity contribution in [3.8, 4) is 0 Å². The number of halogens is 2. The minimum atomic E-state index is -3.71. The minimum Gasteiger partial charge on any atom is -0.391 e. The summed E-state index contributed by atoms with van der Waals surface area (Å²) in [5, 5.41) is 7.52. The zero-order valence-corrected chi connectivity index (χ0v) is 20.7. The van der Waals surface area contributed by atoms with Crippen LogP contribution in [0.2, 0.25) is 0 Å². The third-order valence-electron chi connectivity index (χ3n) is 7.50. The van der Waals surface area contributed by atoms with E-state index in [4.69, 9.17) is 10.2 Å². The van der Waals surface area contributed by atoms with Crippen molar-refractivity contribution in [1.29, 1.82) is 0 Å². The maximum atomic E-state index is 15.5. The average molecular weight is 519 g/mol. The van der Waals surface area contributed by atoms with Gasteiger partial charge < -0.3 is 15.5 Å². The third-order valence-corrected chi connectivity index (χ3v) is 10.2. The van der Waals surface area contributed by atoms with Gasteiger partial charge in [0.15, 0.2) is 9.84 Å². The SMILES string of the molecule is C[C@@H]1NC[C@@H](c2ccccc2)S(=O)(=O)C1Cc1cc(F)c(C2(c3n[nH]c(=O)o3)CC(C)(N)C2)cc1F. The van der Waals surface area contributed by atoms with Crippen LogP contribution in [0.1, 0.15) is 54.5 Å². The number of benzene rings is 2. The van der Waals surface area contributed by atoms with Gasteiger partial charge in [-0.2, -0.15) is 0 Å². The highest BCUT2D eigenvalue weighted by Gasteiger charge is 2.57. The van der Waals surface area contributed by atoms with Gasteiger partial charge in [0.1, 0.15) is 11.6 Å².